The van der Waals surface area contributed by atoms with Gasteiger partial charge in [-0.1, -0.05) is 18.2 Å². The molecular formula is C27H24F8N2O4S. The Labute approximate surface area is 235 Å². The Morgan fingerprint density at radius 1 is 0.929 bits per heavy atom. The number of hydrogen-bond acceptors (Lipinski definition) is 4. The first-order chi connectivity index (χ1) is 19.4. The highest BCUT2D eigenvalue weighted by atomic mass is 32.2. The zero-order valence-electron chi connectivity index (χ0n) is 21.9. The van der Waals surface area contributed by atoms with Crippen LogP contribution in [0.1, 0.15) is 36.5 Å². The maximum absolute atomic E-state index is 14.9. The molecule has 2 amide bonds. The maximum Gasteiger partial charge on any atom is 0.435 e. The number of halogens is 8. The molecule has 3 aliphatic rings. The van der Waals surface area contributed by atoms with Crippen LogP contribution in [0.3, 0.4) is 0 Å². The molecule has 228 valence electrons. The van der Waals surface area contributed by atoms with E-state index in [-0.39, 0.29) is 66.9 Å². The van der Waals surface area contributed by atoms with E-state index in [0.717, 1.165) is 30.3 Å². The van der Waals surface area contributed by atoms with Gasteiger partial charge in [0, 0.05) is 32.1 Å². The molecule has 0 bridgehead atoms. The van der Waals surface area contributed by atoms with Crippen molar-refractivity contribution in [2.75, 3.05) is 19.6 Å². The van der Waals surface area contributed by atoms with Crippen molar-refractivity contribution in [2.24, 2.45) is 5.92 Å². The van der Waals surface area contributed by atoms with Crippen LogP contribution in [0.5, 0.6) is 0 Å². The van der Waals surface area contributed by atoms with Crippen molar-refractivity contribution in [3.8, 4) is 0 Å². The number of carbonyl (C=O) groups is 2. The normalized spacial score (nSPS) is 23.3. The van der Waals surface area contributed by atoms with E-state index in [4.69, 9.17) is 0 Å². The van der Waals surface area contributed by atoms with Gasteiger partial charge in [0.05, 0.1) is 16.9 Å². The van der Waals surface area contributed by atoms with E-state index >= 15 is 0 Å². The molecular weight excluding hydrogens is 600 g/mol. The van der Waals surface area contributed by atoms with Gasteiger partial charge in [-0.15, -0.1) is 0 Å². The summed E-state index contributed by atoms with van der Waals surface area (Å²) < 4.78 is 136. The molecule has 0 saturated carbocycles. The molecule has 2 saturated heterocycles. The van der Waals surface area contributed by atoms with Crippen molar-refractivity contribution in [3.63, 3.8) is 0 Å². The number of nitrogens with zero attached hydrogens (tertiary/aromatic N) is 2. The lowest BCUT2D eigenvalue weighted by Gasteiger charge is -2.45. The molecule has 0 unspecified atom stereocenters. The Kier molecular flexibility index (Phi) is 6.94. The summed E-state index contributed by atoms with van der Waals surface area (Å²) in [5.74, 6) is -2.06. The number of benzene rings is 2. The zero-order chi connectivity index (χ0) is 31.0. The highest BCUT2D eigenvalue weighted by Gasteiger charge is 2.74. The average Bonchev–Trinajstić information content (AvgIpc) is 3.27. The van der Waals surface area contributed by atoms with Crippen LogP contribution in [0.25, 0.3) is 0 Å². The minimum absolute atomic E-state index is 0.111. The highest BCUT2D eigenvalue weighted by Crippen LogP contribution is 2.57. The van der Waals surface area contributed by atoms with Gasteiger partial charge in [0.1, 0.15) is 10.6 Å². The van der Waals surface area contributed by atoms with Crippen LogP contribution < -0.4 is 0 Å². The van der Waals surface area contributed by atoms with Crippen molar-refractivity contribution in [1.82, 2.24) is 9.80 Å². The molecule has 1 aliphatic carbocycles. The summed E-state index contributed by atoms with van der Waals surface area (Å²) in [5, 5.41) is 0. The smallest absolute Gasteiger partial charge is 0.341 e. The molecule has 0 N–H and O–H groups in total. The predicted molar refractivity (Wildman–Crippen MR) is 131 cm³/mol. The number of rotatable bonds is 4. The molecule has 2 aromatic rings. The van der Waals surface area contributed by atoms with Gasteiger partial charge in [0.25, 0.3) is 0 Å². The lowest BCUT2D eigenvalue weighted by Crippen LogP contribution is -2.59. The molecule has 0 aromatic heterocycles. The molecule has 6 nitrogen and oxygen atoms in total. The number of aryl methyl sites for hydroxylation is 1. The van der Waals surface area contributed by atoms with Gasteiger partial charge < -0.3 is 9.80 Å². The molecule has 2 aromatic carbocycles. The average molecular weight is 625 g/mol. The van der Waals surface area contributed by atoms with Gasteiger partial charge in [-0.3, -0.25) is 9.59 Å². The molecule has 15 heteroatoms. The summed E-state index contributed by atoms with van der Waals surface area (Å²) in [4.78, 5) is 27.5. The summed E-state index contributed by atoms with van der Waals surface area (Å²) in [6, 6.07) is 4.11. The molecule has 0 spiro atoms. The van der Waals surface area contributed by atoms with E-state index in [9.17, 15) is 53.1 Å². The van der Waals surface area contributed by atoms with Crippen LogP contribution in [0.4, 0.5) is 35.1 Å². The fraction of sp³-hybridized carbons (Fsp3) is 0.481. The van der Waals surface area contributed by atoms with Gasteiger partial charge in [0.2, 0.25) is 11.8 Å². The molecule has 5 rings (SSSR count). The number of sulfone groups is 1. The first-order valence-electron chi connectivity index (χ1n) is 12.9. The second-order valence-electron chi connectivity index (χ2n) is 10.8. The standard InChI is InChI=1S/C27H24F8N2O4S/c1-15(38)36-13-17(14-36)23(39)37-11-10-24(42(40,41)20-6-4-19(28)5-7-20)21-8-3-18(12-16(21)2-9-22(24)37)25(29,26(30,31)32)27(33,34)35/h3-8,12,17,22H,2,9-11,13-14H2,1H3/t22-,24-/m0/s1. The fourth-order valence-corrected chi connectivity index (χ4v) is 8.81. The number of amides is 2. The third-order valence-electron chi connectivity index (χ3n) is 8.63. The Morgan fingerprint density at radius 3 is 2.07 bits per heavy atom. The van der Waals surface area contributed by atoms with Crippen LogP contribution in [0.2, 0.25) is 0 Å². The minimum atomic E-state index is -6.36. The van der Waals surface area contributed by atoms with Crippen molar-refractivity contribution in [2.45, 2.75) is 59.9 Å². The van der Waals surface area contributed by atoms with Crippen molar-refractivity contribution < 1.29 is 53.1 Å². The minimum Gasteiger partial charge on any atom is -0.341 e. The third kappa shape index (κ3) is 4.21. The summed E-state index contributed by atoms with van der Waals surface area (Å²) in [7, 11) is -4.56. The highest BCUT2D eigenvalue weighted by molar-refractivity contribution is 7.92. The van der Waals surface area contributed by atoms with Gasteiger partial charge >= 0.3 is 18.0 Å². The van der Waals surface area contributed by atoms with Gasteiger partial charge in [-0.05, 0) is 54.7 Å². The van der Waals surface area contributed by atoms with E-state index in [1.807, 2.05) is 0 Å². The third-order valence-corrected chi connectivity index (χ3v) is 11.2. The molecule has 2 fully saturated rings. The van der Waals surface area contributed by atoms with Crippen molar-refractivity contribution in [1.29, 1.82) is 0 Å². The van der Waals surface area contributed by atoms with E-state index in [0.29, 0.717) is 6.07 Å². The van der Waals surface area contributed by atoms with Gasteiger partial charge in [-0.2, -0.15) is 26.3 Å². The number of hydrogen-bond donors (Lipinski definition) is 0. The maximum atomic E-state index is 14.9. The molecule has 2 atom stereocenters. The Balaban J connectivity index is 1.64. The van der Waals surface area contributed by atoms with Crippen LogP contribution in [0, 0.1) is 11.7 Å². The Morgan fingerprint density at radius 2 is 1.52 bits per heavy atom. The summed E-state index contributed by atoms with van der Waals surface area (Å²) >= 11 is 0. The SMILES string of the molecule is CC(=O)N1CC(C(=O)N2CC[C@]3(S(=O)(=O)c4ccc(F)cc4)c4ccc(C(F)(C(F)(F)F)C(F)(F)F)cc4CC[C@H]23)C1. The number of likely N-dealkylation sites (tertiary alicyclic amines) is 2. The zero-order valence-corrected chi connectivity index (χ0v) is 22.7. The van der Waals surface area contributed by atoms with Crippen LogP contribution >= 0.6 is 0 Å². The Hall–Kier alpha value is -3.23. The summed E-state index contributed by atoms with van der Waals surface area (Å²) in [5.41, 5.74) is -7.82. The van der Waals surface area contributed by atoms with E-state index < -0.39 is 61.9 Å². The number of alkyl halides is 7. The van der Waals surface area contributed by atoms with Crippen molar-refractivity contribution >= 4 is 21.7 Å². The molecule has 2 aliphatic heterocycles. The largest absolute Gasteiger partial charge is 0.435 e. The van der Waals surface area contributed by atoms with E-state index in [1.165, 1.54) is 16.7 Å². The molecule has 2 heterocycles. The lowest BCUT2D eigenvalue weighted by molar-refractivity contribution is -0.348. The van der Waals surface area contributed by atoms with Crippen LogP contribution in [0.15, 0.2) is 47.4 Å². The Bertz CT molecular complexity index is 1520. The fourth-order valence-electron chi connectivity index (χ4n) is 6.44. The van der Waals surface area contributed by atoms with E-state index in [2.05, 4.69) is 0 Å². The summed E-state index contributed by atoms with van der Waals surface area (Å²) in [6.45, 7) is 1.44. The lowest BCUT2D eigenvalue weighted by atomic mass is 9.76. The second kappa shape index (κ2) is 9.64. The van der Waals surface area contributed by atoms with E-state index in [1.54, 1.807) is 0 Å². The monoisotopic (exact) mass is 624 g/mol. The number of fused-ring (bicyclic) bond motifs is 3. The number of carbonyl (C=O) groups excluding carboxylic acids is 2. The van der Waals surface area contributed by atoms with Gasteiger partial charge in [0.15, 0.2) is 9.84 Å². The second-order valence-corrected chi connectivity index (χ2v) is 13.0. The van der Waals surface area contributed by atoms with Crippen molar-refractivity contribution in [3.05, 3.63) is 65.0 Å². The molecule has 42 heavy (non-hydrogen) atoms. The van der Waals surface area contributed by atoms with Crippen LogP contribution in [-0.4, -0.2) is 68.1 Å². The first-order valence-corrected chi connectivity index (χ1v) is 14.4. The molecule has 0 radical (unpaired) electrons. The quantitative estimate of drug-likeness (QED) is 0.362. The van der Waals surface area contributed by atoms with Gasteiger partial charge in [-0.25, -0.2) is 17.2 Å². The first kappa shape index (κ1) is 30.2. The predicted octanol–water partition coefficient (Wildman–Crippen LogP) is 4.81. The topological polar surface area (TPSA) is 74.8 Å². The summed E-state index contributed by atoms with van der Waals surface area (Å²) in [6.07, 6.45) is -13.4. The van der Waals surface area contributed by atoms with Crippen LogP contribution in [-0.2, 0) is 36.3 Å².